The molecule has 1 aromatic heterocycles. The lowest BCUT2D eigenvalue weighted by atomic mass is 9.54. The maximum Gasteiger partial charge on any atom is 0.179 e. The van der Waals surface area contributed by atoms with E-state index in [4.69, 9.17) is 9.97 Å². The number of para-hydroxylation sites is 2. The number of nitrogens with zero attached hydrogens (tertiary/aromatic N) is 4. The van der Waals surface area contributed by atoms with E-state index in [-0.39, 0.29) is 17.0 Å². The van der Waals surface area contributed by atoms with Crippen molar-refractivity contribution < 1.29 is 0 Å². The average molecular weight is 577 g/mol. The Balaban J connectivity index is 1.63. The highest BCUT2D eigenvalue weighted by Gasteiger charge is 2.62. The number of fused-ring (bicyclic) bond motifs is 5. The lowest BCUT2D eigenvalue weighted by molar-refractivity contribution is 0.120. The van der Waals surface area contributed by atoms with Crippen LogP contribution in [0, 0.1) is 19.3 Å². The lowest BCUT2D eigenvalue weighted by Gasteiger charge is -2.58. The Morgan fingerprint density at radius 1 is 0.682 bits per heavy atom. The molecule has 0 spiro atoms. The molecule has 0 N–H and O–H groups in total. The molecule has 220 valence electrons. The first-order valence-electron chi connectivity index (χ1n) is 15.8. The first-order chi connectivity index (χ1) is 21.4. The molecule has 0 aliphatic carbocycles. The fourth-order valence-electron chi connectivity index (χ4n) is 7.99. The third kappa shape index (κ3) is 3.76. The van der Waals surface area contributed by atoms with Gasteiger partial charge in [0.2, 0.25) is 0 Å². The summed E-state index contributed by atoms with van der Waals surface area (Å²) >= 11 is 0. The molecule has 2 aliphatic heterocycles. The molecule has 0 bridgehead atoms. The van der Waals surface area contributed by atoms with E-state index in [1.165, 1.54) is 22.4 Å². The Bertz CT molecular complexity index is 1880. The highest BCUT2D eigenvalue weighted by Crippen LogP contribution is 2.64. The third-order valence-corrected chi connectivity index (χ3v) is 10.5. The zero-order chi connectivity index (χ0) is 30.6. The van der Waals surface area contributed by atoms with Gasteiger partial charge in [0.25, 0.3) is 0 Å². The predicted molar refractivity (Wildman–Crippen MR) is 184 cm³/mol. The van der Waals surface area contributed by atoms with E-state index in [1.54, 1.807) is 0 Å². The molecule has 0 radical (unpaired) electrons. The summed E-state index contributed by atoms with van der Waals surface area (Å²) in [7, 11) is 0. The summed E-state index contributed by atoms with van der Waals surface area (Å²) in [5, 5.41) is 0. The van der Waals surface area contributed by atoms with E-state index in [0.717, 1.165) is 52.7 Å². The van der Waals surface area contributed by atoms with Gasteiger partial charge in [-0.25, -0.2) is 9.97 Å². The van der Waals surface area contributed by atoms with Crippen LogP contribution in [-0.2, 0) is 5.41 Å². The van der Waals surface area contributed by atoms with Crippen LogP contribution in [0.5, 0.6) is 0 Å². The largest absolute Gasteiger partial charge is 0.301 e. The molecule has 4 nitrogen and oxygen atoms in total. The number of hydrogen-bond donors (Lipinski definition) is 0. The van der Waals surface area contributed by atoms with E-state index < -0.39 is 0 Å². The minimum atomic E-state index is -0.244. The number of aryl methyl sites for hydroxylation is 2. The molecule has 3 heterocycles. The van der Waals surface area contributed by atoms with Crippen LogP contribution in [0.25, 0.3) is 22.5 Å². The maximum absolute atomic E-state index is 5.66. The minimum absolute atomic E-state index is 0.0606. The van der Waals surface area contributed by atoms with Gasteiger partial charge in [0.05, 0.1) is 11.4 Å². The molecule has 0 fully saturated rings. The van der Waals surface area contributed by atoms with Gasteiger partial charge in [-0.1, -0.05) is 112 Å². The summed E-state index contributed by atoms with van der Waals surface area (Å²) < 4.78 is 0. The molecule has 3 atom stereocenters. The first kappa shape index (κ1) is 28.1. The summed E-state index contributed by atoms with van der Waals surface area (Å²) in [5.41, 5.74) is 9.53. The Labute approximate surface area is 261 Å². The van der Waals surface area contributed by atoms with Gasteiger partial charge in [-0.15, -0.1) is 6.58 Å². The van der Waals surface area contributed by atoms with E-state index in [2.05, 4.69) is 160 Å². The van der Waals surface area contributed by atoms with Gasteiger partial charge in [-0.2, -0.15) is 0 Å². The van der Waals surface area contributed by atoms with Gasteiger partial charge in [0, 0.05) is 33.3 Å². The third-order valence-electron chi connectivity index (χ3n) is 10.5. The molecule has 0 saturated heterocycles. The van der Waals surface area contributed by atoms with Gasteiger partial charge >= 0.3 is 0 Å². The smallest absolute Gasteiger partial charge is 0.179 e. The van der Waals surface area contributed by atoms with Crippen LogP contribution in [0.15, 0.2) is 116 Å². The van der Waals surface area contributed by atoms with Crippen molar-refractivity contribution >= 4 is 23.0 Å². The van der Waals surface area contributed by atoms with Gasteiger partial charge < -0.3 is 9.80 Å². The van der Waals surface area contributed by atoms with Crippen LogP contribution < -0.4 is 9.80 Å². The number of rotatable bonds is 6. The van der Waals surface area contributed by atoms with Crippen molar-refractivity contribution in [3.8, 4) is 22.5 Å². The van der Waals surface area contributed by atoms with Crippen LogP contribution in [0.3, 0.4) is 0 Å². The molecule has 5 aromatic rings. The van der Waals surface area contributed by atoms with E-state index in [0.29, 0.717) is 0 Å². The average Bonchev–Trinajstić information content (AvgIpc) is 3.41. The van der Waals surface area contributed by atoms with E-state index >= 15 is 0 Å². The fraction of sp³-hybridized carbons (Fsp3) is 0.250. The first-order valence-corrected chi connectivity index (χ1v) is 15.8. The Morgan fingerprint density at radius 3 is 1.75 bits per heavy atom. The zero-order valence-corrected chi connectivity index (χ0v) is 26.4. The molecule has 0 saturated carbocycles. The van der Waals surface area contributed by atoms with Crippen molar-refractivity contribution in [2.45, 2.75) is 59.0 Å². The van der Waals surface area contributed by atoms with Crippen molar-refractivity contribution in [1.29, 1.82) is 0 Å². The fourth-order valence-corrected chi connectivity index (χ4v) is 7.99. The van der Waals surface area contributed by atoms with Crippen molar-refractivity contribution in [2.24, 2.45) is 5.41 Å². The standard InChI is InChI=1S/C40H40N4/c1-7-39(6)38-43(29-21-11-10-12-22-29)36-37(44(38)33-26-18-17-25-32(33)40(39,8-2)9-3)42-35(31-24-16-14-20-28(31)5)34(41-36)30-23-15-13-19-27(30)4/h8,10-26,38H,2,7,9H2,1,3-6H3. The minimum Gasteiger partial charge on any atom is -0.301 e. The molecular weight excluding hydrogens is 536 g/mol. The summed E-state index contributed by atoms with van der Waals surface area (Å²) in [4.78, 5) is 16.2. The SMILES string of the molecule is C=CC1(CC)c2ccccc2N2c3nc(-c4ccccc4C)c(-c4ccccc4C)nc3N(c3ccccc3)C2C1(C)CC. The molecule has 44 heavy (non-hydrogen) atoms. The Morgan fingerprint density at radius 2 is 1.20 bits per heavy atom. The number of allylic oxidation sites excluding steroid dienone is 1. The Hall–Kier alpha value is -4.70. The van der Waals surface area contributed by atoms with Crippen LogP contribution in [-0.4, -0.2) is 16.1 Å². The summed E-state index contributed by atoms with van der Waals surface area (Å²) in [6, 6.07) is 36.7. The highest BCUT2D eigenvalue weighted by atomic mass is 15.5. The van der Waals surface area contributed by atoms with Crippen LogP contribution >= 0.6 is 0 Å². The van der Waals surface area contributed by atoms with Crippen LogP contribution in [0.1, 0.15) is 50.3 Å². The number of benzene rings is 4. The number of anilines is 4. The summed E-state index contributed by atoms with van der Waals surface area (Å²) in [5.74, 6) is 1.79. The van der Waals surface area contributed by atoms with Gasteiger partial charge in [0.15, 0.2) is 11.6 Å². The molecule has 4 heteroatoms. The monoisotopic (exact) mass is 576 g/mol. The number of aromatic nitrogens is 2. The second-order valence-electron chi connectivity index (χ2n) is 12.5. The lowest BCUT2D eigenvalue weighted by Crippen LogP contribution is -2.62. The van der Waals surface area contributed by atoms with Crippen molar-refractivity contribution in [1.82, 2.24) is 9.97 Å². The van der Waals surface area contributed by atoms with Crippen LogP contribution in [0.2, 0.25) is 0 Å². The number of hydrogen-bond acceptors (Lipinski definition) is 4. The second-order valence-corrected chi connectivity index (χ2v) is 12.5. The van der Waals surface area contributed by atoms with Crippen molar-refractivity contribution in [3.05, 3.63) is 132 Å². The molecular formula is C40H40N4. The Kier molecular flexibility index (Phi) is 6.69. The molecule has 7 rings (SSSR count). The summed E-state index contributed by atoms with van der Waals surface area (Å²) in [6.45, 7) is 15.9. The molecule has 4 aromatic carbocycles. The van der Waals surface area contributed by atoms with Gasteiger partial charge in [-0.05, 0) is 61.6 Å². The molecule has 3 unspecified atom stereocenters. The van der Waals surface area contributed by atoms with E-state index in [1.807, 2.05) is 0 Å². The highest BCUT2D eigenvalue weighted by molar-refractivity contribution is 5.92. The van der Waals surface area contributed by atoms with Crippen molar-refractivity contribution in [3.63, 3.8) is 0 Å². The van der Waals surface area contributed by atoms with Gasteiger partial charge in [-0.3, -0.25) is 0 Å². The second kappa shape index (κ2) is 10.5. The van der Waals surface area contributed by atoms with Gasteiger partial charge in [0.1, 0.15) is 6.17 Å². The van der Waals surface area contributed by atoms with Crippen molar-refractivity contribution in [2.75, 3.05) is 9.80 Å². The topological polar surface area (TPSA) is 32.3 Å². The maximum atomic E-state index is 5.66. The van der Waals surface area contributed by atoms with Crippen LogP contribution in [0.4, 0.5) is 23.0 Å². The zero-order valence-electron chi connectivity index (χ0n) is 26.4. The predicted octanol–water partition coefficient (Wildman–Crippen LogP) is 10.3. The normalized spacial score (nSPS) is 21.9. The summed E-state index contributed by atoms with van der Waals surface area (Å²) in [6.07, 6.45) is 4.06. The molecule has 0 amide bonds. The quantitative estimate of drug-likeness (QED) is 0.188. The van der Waals surface area contributed by atoms with E-state index in [9.17, 15) is 0 Å². The molecule has 2 aliphatic rings.